The molecule has 1 aliphatic heterocycles. The lowest BCUT2D eigenvalue weighted by Gasteiger charge is -2.33. The van der Waals surface area contributed by atoms with Crippen LogP contribution in [0.25, 0.3) is 11.5 Å². The van der Waals surface area contributed by atoms with Gasteiger partial charge >= 0.3 is 0 Å². The molecule has 1 aliphatic rings. The minimum absolute atomic E-state index is 0.144. The SMILES string of the molecule is CNC(=O)c1ccc(-c2nc(CN3CCN(S(=O)(=O)c4ccc(C)c(C)c4)CC3)c(C)o2)cc1. The summed E-state index contributed by atoms with van der Waals surface area (Å²) < 4.78 is 33.6. The Labute approximate surface area is 200 Å². The van der Waals surface area contributed by atoms with Gasteiger partial charge in [0, 0.05) is 50.9 Å². The van der Waals surface area contributed by atoms with E-state index in [0.717, 1.165) is 28.1 Å². The van der Waals surface area contributed by atoms with Crippen molar-refractivity contribution in [3.05, 3.63) is 70.6 Å². The summed E-state index contributed by atoms with van der Waals surface area (Å²) in [5.74, 6) is 1.09. The summed E-state index contributed by atoms with van der Waals surface area (Å²) in [6.45, 7) is 8.46. The zero-order valence-corrected chi connectivity index (χ0v) is 20.8. The largest absolute Gasteiger partial charge is 0.441 e. The van der Waals surface area contributed by atoms with Crippen LogP contribution in [0.5, 0.6) is 0 Å². The fourth-order valence-corrected chi connectivity index (χ4v) is 5.48. The molecular weight excluding hydrogens is 452 g/mol. The van der Waals surface area contributed by atoms with Gasteiger partial charge in [0.05, 0.1) is 10.6 Å². The zero-order valence-electron chi connectivity index (χ0n) is 20.0. The first-order chi connectivity index (χ1) is 16.2. The Balaban J connectivity index is 1.40. The van der Waals surface area contributed by atoms with Crippen LogP contribution in [0.1, 0.15) is 32.9 Å². The number of aromatic nitrogens is 1. The maximum atomic E-state index is 13.1. The highest BCUT2D eigenvalue weighted by molar-refractivity contribution is 7.89. The summed E-state index contributed by atoms with van der Waals surface area (Å²) in [4.78, 5) is 18.9. The average molecular weight is 483 g/mol. The van der Waals surface area contributed by atoms with Gasteiger partial charge in [0.15, 0.2) is 0 Å². The van der Waals surface area contributed by atoms with Crippen LogP contribution in [0.15, 0.2) is 51.8 Å². The lowest BCUT2D eigenvalue weighted by Crippen LogP contribution is -2.48. The molecule has 0 aliphatic carbocycles. The van der Waals surface area contributed by atoms with Crippen LogP contribution in [-0.4, -0.2) is 61.7 Å². The molecule has 9 heteroatoms. The monoisotopic (exact) mass is 482 g/mol. The summed E-state index contributed by atoms with van der Waals surface area (Å²) >= 11 is 0. The molecule has 0 atom stereocenters. The van der Waals surface area contributed by atoms with Crippen LogP contribution in [0.4, 0.5) is 0 Å². The number of aryl methyl sites for hydroxylation is 3. The normalized spacial score (nSPS) is 15.4. The molecule has 1 amide bonds. The van der Waals surface area contributed by atoms with Crippen LogP contribution in [0.2, 0.25) is 0 Å². The summed E-state index contributed by atoms with van der Waals surface area (Å²) in [5, 5.41) is 2.60. The first kappa shape index (κ1) is 24.1. The second kappa shape index (κ2) is 9.69. The van der Waals surface area contributed by atoms with Gasteiger partial charge in [-0.2, -0.15) is 4.31 Å². The van der Waals surface area contributed by atoms with Gasteiger partial charge in [-0.25, -0.2) is 13.4 Å². The third kappa shape index (κ3) is 4.91. The number of nitrogens with one attached hydrogen (secondary N) is 1. The molecule has 4 rings (SSSR count). The van der Waals surface area contributed by atoms with E-state index in [4.69, 9.17) is 4.42 Å². The maximum absolute atomic E-state index is 13.1. The molecule has 1 aromatic heterocycles. The highest BCUT2D eigenvalue weighted by Gasteiger charge is 2.29. The number of nitrogens with zero attached hydrogens (tertiary/aromatic N) is 3. The smallest absolute Gasteiger partial charge is 0.251 e. The van der Waals surface area contributed by atoms with E-state index in [1.165, 1.54) is 0 Å². The van der Waals surface area contributed by atoms with Gasteiger partial charge in [0.2, 0.25) is 15.9 Å². The number of piperazine rings is 1. The van der Waals surface area contributed by atoms with Crippen LogP contribution < -0.4 is 5.32 Å². The van der Waals surface area contributed by atoms with E-state index in [1.54, 1.807) is 35.6 Å². The lowest BCUT2D eigenvalue weighted by atomic mass is 10.1. The van der Waals surface area contributed by atoms with Crippen LogP contribution in [0.3, 0.4) is 0 Å². The first-order valence-corrected chi connectivity index (χ1v) is 12.7. The third-order valence-corrected chi connectivity index (χ3v) is 8.23. The van der Waals surface area contributed by atoms with Crippen LogP contribution >= 0.6 is 0 Å². The topological polar surface area (TPSA) is 95.8 Å². The second-order valence-corrected chi connectivity index (χ2v) is 10.5. The van der Waals surface area contributed by atoms with Crippen molar-refractivity contribution in [3.8, 4) is 11.5 Å². The zero-order chi connectivity index (χ0) is 24.5. The van der Waals surface area contributed by atoms with E-state index in [2.05, 4.69) is 15.2 Å². The minimum atomic E-state index is -3.51. The molecule has 1 saturated heterocycles. The number of sulfonamides is 1. The molecule has 180 valence electrons. The van der Waals surface area contributed by atoms with Crippen molar-refractivity contribution in [2.24, 2.45) is 0 Å². The average Bonchev–Trinajstić information content (AvgIpc) is 3.20. The molecule has 0 bridgehead atoms. The summed E-state index contributed by atoms with van der Waals surface area (Å²) in [5.41, 5.74) is 4.25. The summed E-state index contributed by atoms with van der Waals surface area (Å²) in [6, 6.07) is 12.4. The number of carbonyl (C=O) groups is 1. The van der Waals surface area contributed by atoms with E-state index in [0.29, 0.717) is 49.1 Å². The number of hydrogen-bond acceptors (Lipinski definition) is 6. The van der Waals surface area contributed by atoms with E-state index >= 15 is 0 Å². The first-order valence-electron chi connectivity index (χ1n) is 11.3. The van der Waals surface area contributed by atoms with Crippen LogP contribution in [0, 0.1) is 20.8 Å². The number of oxazole rings is 1. The molecule has 2 aromatic carbocycles. The Morgan fingerprint density at radius 2 is 1.68 bits per heavy atom. The molecular formula is C25H30N4O4S. The lowest BCUT2D eigenvalue weighted by molar-refractivity contribution is 0.0963. The number of rotatable bonds is 6. The molecule has 8 nitrogen and oxygen atoms in total. The van der Waals surface area contributed by atoms with Gasteiger partial charge in [-0.1, -0.05) is 6.07 Å². The molecule has 1 N–H and O–H groups in total. The maximum Gasteiger partial charge on any atom is 0.251 e. The van der Waals surface area contributed by atoms with Gasteiger partial charge in [-0.3, -0.25) is 9.69 Å². The molecule has 34 heavy (non-hydrogen) atoms. The fraction of sp³-hybridized carbons (Fsp3) is 0.360. The Hall–Kier alpha value is -3.01. The van der Waals surface area contributed by atoms with Crippen molar-refractivity contribution >= 4 is 15.9 Å². The highest BCUT2D eigenvalue weighted by Crippen LogP contribution is 2.25. The molecule has 0 spiro atoms. The Morgan fingerprint density at radius 1 is 1.00 bits per heavy atom. The fourth-order valence-electron chi connectivity index (χ4n) is 3.97. The molecule has 0 radical (unpaired) electrons. The highest BCUT2D eigenvalue weighted by atomic mass is 32.2. The van der Waals surface area contributed by atoms with Gasteiger partial charge in [0.25, 0.3) is 5.91 Å². The van der Waals surface area contributed by atoms with Crippen molar-refractivity contribution in [3.63, 3.8) is 0 Å². The molecule has 3 aromatic rings. The Morgan fingerprint density at radius 3 is 2.29 bits per heavy atom. The van der Waals surface area contributed by atoms with Gasteiger partial charge in [0.1, 0.15) is 5.76 Å². The predicted octanol–water partition coefficient (Wildman–Crippen LogP) is 3.13. The number of hydrogen-bond donors (Lipinski definition) is 1. The number of benzene rings is 2. The van der Waals surface area contributed by atoms with Crippen molar-refractivity contribution in [1.29, 1.82) is 0 Å². The van der Waals surface area contributed by atoms with Crippen LogP contribution in [-0.2, 0) is 16.6 Å². The molecule has 0 unspecified atom stereocenters. The van der Waals surface area contributed by atoms with Gasteiger partial charge in [-0.05, 0) is 68.3 Å². The van der Waals surface area contributed by atoms with Crippen molar-refractivity contribution < 1.29 is 17.6 Å². The van der Waals surface area contributed by atoms with Gasteiger partial charge in [-0.15, -0.1) is 0 Å². The predicted molar refractivity (Wildman–Crippen MR) is 130 cm³/mol. The standard InChI is InChI=1S/C25H30N4O4S/c1-17-5-10-22(15-18(17)2)34(31,32)29-13-11-28(12-14-29)16-23-19(3)33-25(27-23)21-8-6-20(7-9-21)24(30)26-4/h5-10,15H,11-14,16H2,1-4H3,(H,26,30). The quantitative estimate of drug-likeness (QED) is 0.580. The van der Waals surface area contributed by atoms with E-state index in [-0.39, 0.29) is 5.91 Å². The molecule has 2 heterocycles. The molecule has 0 saturated carbocycles. The molecule has 1 fully saturated rings. The van der Waals surface area contributed by atoms with Gasteiger partial charge < -0.3 is 9.73 Å². The van der Waals surface area contributed by atoms with Crippen molar-refractivity contribution in [1.82, 2.24) is 19.5 Å². The Bertz CT molecular complexity index is 1290. The van der Waals surface area contributed by atoms with E-state index in [9.17, 15) is 13.2 Å². The van der Waals surface area contributed by atoms with Crippen molar-refractivity contribution in [2.75, 3.05) is 33.2 Å². The minimum Gasteiger partial charge on any atom is -0.441 e. The summed E-state index contributed by atoms with van der Waals surface area (Å²) in [7, 11) is -1.91. The summed E-state index contributed by atoms with van der Waals surface area (Å²) in [6.07, 6.45) is 0. The second-order valence-electron chi connectivity index (χ2n) is 8.60. The Kier molecular flexibility index (Phi) is 6.88. The third-order valence-electron chi connectivity index (χ3n) is 6.33. The number of amides is 1. The van der Waals surface area contributed by atoms with E-state index in [1.807, 2.05) is 39.0 Å². The number of carbonyl (C=O) groups excluding carboxylic acids is 1. The van der Waals surface area contributed by atoms with E-state index < -0.39 is 10.0 Å². The van der Waals surface area contributed by atoms with Crippen molar-refractivity contribution in [2.45, 2.75) is 32.2 Å².